The molecule has 4 aromatic rings. The highest BCUT2D eigenvalue weighted by Gasteiger charge is 2.32. The Morgan fingerprint density at radius 1 is 0.975 bits per heavy atom. The molecule has 6 rings (SSSR count). The van der Waals surface area contributed by atoms with Gasteiger partial charge in [0.1, 0.15) is 5.82 Å². The zero-order valence-electron chi connectivity index (χ0n) is 23.0. The van der Waals surface area contributed by atoms with Gasteiger partial charge >= 0.3 is 0 Å². The molecule has 1 aromatic heterocycles. The number of hydrogen-bond donors (Lipinski definition) is 1. The van der Waals surface area contributed by atoms with Gasteiger partial charge in [0.2, 0.25) is 0 Å². The number of benzene rings is 3. The fourth-order valence-corrected chi connectivity index (χ4v) is 6.15. The number of likely N-dealkylation sites (tertiary alicyclic amines) is 2. The third-order valence-electron chi connectivity index (χ3n) is 8.36. The minimum absolute atomic E-state index is 0.0433. The molecule has 40 heavy (non-hydrogen) atoms. The Morgan fingerprint density at radius 2 is 1.73 bits per heavy atom. The molecular formula is C34H35N5O. The molecule has 2 fully saturated rings. The van der Waals surface area contributed by atoms with Crippen molar-refractivity contribution in [1.29, 1.82) is 5.26 Å². The molecule has 0 saturated carbocycles. The van der Waals surface area contributed by atoms with Crippen LogP contribution in [-0.4, -0.2) is 52.9 Å². The largest absolute Gasteiger partial charge is 0.364 e. The van der Waals surface area contributed by atoms with E-state index in [0.29, 0.717) is 16.9 Å². The zero-order chi connectivity index (χ0) is 27.5. The standard InChI is InChI=1S/C34H35N5O/c1-24(26-8-3-2-4-9-26)36-33-21-31(34(40)39-19-7-10-29(39)23-38-17-5-6-18-38)30-20-28(15-16-32(30)37-33)27-13-11-25(22-35)12-14-27/h2-4,8-9,11-16,20-21,24,29H,5-7,10,17-19,23H2,1H3,(H,36,37)/t24-,29+/m1/s1. The Hall–Kier alpha value is -4.21. The lowest BCUT2D eigenvalue weighted by molar-refractivity contribution is 0.0710. The van der Waals surface area contributed by atoms with Crippen LogP contribution in [0, 0.1) is 11.3 Å². The fraction of sp³-hybridized carbons (Fsp3) is 0.324. The maximum Gasteiger partial charge on any atom is 0.254 e. The Balaban J connectivity index is 1.38. The molecule has 2 aliphatic heterocycles. The molecular weight excluding hydrogens is 494 g/mol. The molecule has 0 spiro atoms. The van der Waals surface area contributed by atoms with E-state index >= 15 is 0 Å². The van der Waals surface area contributed by atoms with Gasteiger partial charge in [0.15, 0.2) is 0 Å². The van der Waals surface area contributed by atoms with Crippen LogP contribution in [0.2, 0.25) is 0 Å². The first-order valence-electron chi connectivity index (χ1n) is 14.4. The third-order valence-corrected chi connectivity index (χ3v) is 8.36. The van der Waals surface area contributed by atoms with Gasteiger partial charge in [-0.15, -0.1) is 0 Å². The molecule has 3 aromatic carbocycles. The lowest BCUT2D eigenvalue weighted by atomic mass is 9.99. The highest BCUT2D eigenvalue weighted by molar-refractivity contribution is 6.08. The van der Waals surface area contributed by atoms with Crippen molar-refractivity contribution in [3.63, 3.8) is 0 Å². The van der Waals surface area contributed by atoms with Gasteiger partial charge in [0, 0.05) is 30.6 Å². The predicted molar refractivity (Wildman–Crippen MR) is 160 cm³/mol. The van der Waals surface area contributed by atoms with Crippen LogP contribution in [0.25, 0.3) is 22.0 Å². The molecule has 0 unspecified atom stereocenters. The van der Waals surface area contributed by atoms with E-state index in [9.17, 15) is 10.1 Å². The molecule has 202 valence electrons. The number of nitrogens with zero attached hydrogens (tertiary/aromatic N) is 4. The third kappa shape index (κ3) is 5.43. The highest BCUT2D eigenvalue weighted by Crippen LogP contribution is 2.31. The van der Waals surface area contributed by atoms with E-state index in [0.717, 1.165) is 61.1 Å². The van der Waals surface area contributed by atoms with Gasteiger partial charge in [-0.05, 0) is 92.7 Å². The van der Waals surface area contributed by atoms with E-state index in [2.05, 4.69) is 46.3 Å². The number of amides is 1. The minimum Gasteiger partial charge on any atom is -0.364 e. The summed E-state index contributed by atoms with van der Waals surface area (Å²) >= 11 is 0. The number of rotatable bonds is 7. The van der Waals surface area contributed by atoms with E-state index in [1.54, 1.807) is 0 Å². The van der Waals surface area contributed by atoms with E-state index in [4.69, 9.17) is 4.98 Å². The van der Waals surface area contributed by atoms with Crippen LogP contribution in [-0.2, 0) is 0 Å². The van der Waals surface area contributed by atoms with Crippen molar-refractivity contribution in [1.82, 2.24) is 14.8 Å². The second-order valence-corrected chi connectivity index (χ2v) is 11.1. The van der Waals surface area contributed by atoms with Crippen molar-refractivity contribution in [3.05, 3.63) is 95.6 Å². The van der Waals surface area contributed by atoms with Crippen molar-refractivity contribution >= 4 is 22.6 Å². The Kier molecular flexibility index (Phi) is 7.48. The van der Waals surface area contributed by atoms with Crippen molar-refractivity contribution in [2.45, 2.75) is 44.7 Å². The van der Waals surface area contributed by atoms with Crippen molar-refractivity contribution < 1.29 is 4.79 Å². The monoisotopic (exact) mass is 529 g/mol. The number of hydrogen-bond acceptors (Lipinski definition) is 5. The van der Waals surface area contributed by atoms with Crippen LogP contribution in [0.4, 0.5) is 5.82 Å². The number of carbonyl (C=O) groups excluding carboxylic acids is 1. The minimum atomic E-state index is 0.0433. The Labute approximate surface area is 236 Å². The summed E-state index contributed by atoms with van der Waals surface area (Å²) < 4.78 is 0. The van der Waals surface area contributed by atoms with Crippen LogP contribution in [0.3, 0.4) is 0 Å². The van der Waals surface area contributed by atoms with Crippen LogP contribution in [0.15, 0.2) is 78.9 Å². The zero-order valence-corrected chi connectivity index (χ0v) is 23.0. The molecule has 1 N–H and O–H groups in total. The second-order valence-electron chi connectivity index (χ2n) is 11.1. The lowest BCUT2D eigenvalue weighted by Crippen LogP contribution is -2.42. The first-order chi connectivity index (χ1) is 19.6. The summed E-state index contributed by atoms with van der Waals surface area (Å²) in [4.78, 5) is 23.9. The van der Waals surface area contributed by atoms with Gasteiger partial charge in [0.05, 0.1) is 22.7 Å². The number of fused-ring (bicyclic) bond motifs is 1. The van der Waals surface area contributed by atoms with Gasteiger partial charge in [0.25, 0.3) is 5.91 Å². The van der Waals surface area contributed by atoms with Crippen molar-refractivity contribution in [2.24, 2.45) is 0 Å². The van der Waals surface area contributed by atoms with Gasteiger partial charge in [-0.3, -0.25) is 4.79 Å². The maximum atomic E-state index is 14.3. The summed E-state index contributed by atoms with van der Waals surface area (Å²) in [5.41, 5.74) is 5.29. The van der Waals surface area contributed by atoms with Crippen molar-refractivity contribution in [3.8, 4) is 17.2 Å². The molecule has 1 amide bonds. The maximum absolute atomic E-state index is 14.3. The molecule has 0 aliphatic carbocycles. The first kappa shape index (κ1) is 26.0. The number of pyridine rings is 1. The van der Waals surface area contributed by atoms with E-state index < -0.39 is 0 Å². The second kappa shape index (κ2) is 11.5. The molecule has 0 radical (unpaired) electrons. The average molecular weight is 530 g/mol. The topological polar surface area (TPSA) is 72.3 Å². The predicted octanol–water partition coefficient (Wildman–Crippen LogP) is 6.65. The Morgan fingerprint density at radius 3 is 2.48 bits per heavy atom. The molecule has 2 aliphatic rings. The van der Waals surface area contributed by atoms with Gasteiger partial charge in [-0.1, -0.05) is 48.5 Å². The summed E-state index contributed by atoms with van der Waals surface area (Å²) in [6.07, 6.45) is 4.60. The smallest absolute Gasteiger partial charge is 0.254 e. The number of anilines is 1. The summed E-state index contributed by atoms with van der Waals surface area (Å²) in [7, 11) is 0. The summed E-state index contributed by atoms with van der Waals surface area (Å²) in [6.45, 7) is 6.14. The average Bonchev–Trinajstić information content (AvgIpc) is 3.69. The first-order valence-corrected chi connectivity index (χ1v) is 14.4. The Bertz CT molecular complexity index is 1540. The van der Waals surface area contributed by atoms with E-state index in [-0.39, 0.29) is 18.0 Å². The molecule has 6 heteroatoms. The highest BCUT2D eigenvalue weighted by atomic mass is 16.2. The molecule has 2 atom stereocenters. The summed E-state index contributed by atoms with van der Waals surface area (Å²) in [6, 6.07) is 28.4. The fourth-order valence-electron chi connectivity index (χ4n) is 6.15. The van der Waals surface area contributed by atoms with Gasteiger partial charge in [-0.2, -0.15) is 5.26 Å². The molecule has 0 bridgehead atoms. The van der Waals surface area contributed by atoms with Gasteiger partial charge < -0.3 is 15.1 Å². The van der Waals surface area contributed by atoms with Crippen LogP contribution < -0.4 is 5.32 Å². The normalized spacial score (nSPS) is 18.1. The molecule has 3 heterocycles. The number of nitriles is 1. The molecule has 6 nitrogen and oxygen atoms in total. The van der Waals surface area contributed by atoms with E-state index in [1.165, 1.54) is 18.4 Å². The number of aromatic nitrogens is 1. The lowest BCUT2D eigenvalue weighted by Gasteiger charge is -2.29. The number of carbonyl (C=O) groups is 1. The van der Waals surface area contributed by atoms with Crippen molar-refractivity contribution in [2.75, 3.05) is 31.5 Å². The van der Waals surface area contributed by atoms with Gasteiger partial charge in [-0.25, -0.2) is 4.98 Å². The summed E-state index contributed by atoms with van der Waals surface area (Å²) in [5, 5.41) is 13.6. The molecule has 2 saturated heterocycles. The number of nitrogens with one attached hydrogen (secondary N) is 1. The van der Waals surface area contributed by atoms with E-state index in [1.807, 2.05) is 60.7 Å². The van der Waals surface area contributed by atoms with Crippen LogP contribution >= 0.6 is 0 Å². The quantitative estimate of drug-likeness (QED) is 0.290. The SMILES string of the molecule is C[C@@H](Nc1cc(C(=O)N2CCC[C@H]2CN2CCCC2)c2cc(-c3ccc(C#N)cc3)ccc2n1)c1ccccc1. The summed E-state index contributed by atoms with van der Waals surface area (Å²) in [5.74, 6) is 0.787. The van der Waals surface area contributed by atoms with Crippen LogP contribution in [0.1, 0.15) is 60.1 Å². The van der Waals surface area contributed by atoms with Crippen LogP contribution in [0.5, 0.6) is 0 Å².